The molecule has 0 bridgehead atoms. The lowest BCUT2D eigenvalue weighted by atomic mass is 9.96. The van der Waals surface area contributed by atoms with E-state index in [0.29, 0.717) is 6.42 Å². The van der Waals surface area contributed by atoms with Crippen molar-refractivity contribution >= 4 is 34.2 Å². The van der Waals surface area contributed by atoms with Gasteiger partial charge in [0.25, 0.3) is 0 Å². The fourth-order valence-corrected chi connectivity index (χ4v) is 3.35. The predicted octanol–water partition coefficient (Wildman–Crippen LogP) is 3.53. The van der Waals surface area contributed by atoms with Crippen LogP contribution in [-0.4, -0.2) is 29.4 Å². The maximum Gasteiger partial charge on any atom is 0.223 e. The molecule has 2 rings (SSSR count). The van der Waals surface area contributed by atoms with Crippen molar-refractivity contribution in [1.29, 1.82) is 0 Å². The number of nitrogens with two attached hydrogens (primary N) is 1. The van der Waals surface area contributed by atoms with Gasteiger partial charge in [0.15, 0.2) is 0 Å². The molecule has 1 aliphatic rings. The van der Waals surface area contributed by atoms with Crippen molar-refractivity contribution in [3.63, 3.8) is 0 Å². The number of hydrogen-bond acceptors (Lipinski definition) is 2. The molecule has 118 valence electrons. The van der Waals surface area contributed by atoms with Crippen molar-refractivity contribution in [1.82, 2.24) is 4.90 Å². The minimum atomic E-state index is 0. The summed E-state index contributed by atoms with van der Waals surface area (Å²) in [7, 11) is 0. The highest BCUT2D eigenvalue weighted by Crippen LogP contribution is 2.21. The highest BCUT2D eigenvalue weighted by atomic mass is 79.9. The summed E-state index contributed by atoms with van der Waals surface area (Å²) in [6.45, 7) is 2.87. The molecule has 0 aliphatic carbocycles. The second kappa shape index (κ2) is 8.76. The summed E-state index contributed by atoms with van der Waals surface area (Å²) in [5.41, 5.74) is 7.22. The maximum absolute atomic E-state index is 12.4. The van der Waals surface area contributed by atoms with Crippen LogP contribution in [0.15, 0.2) is 28.7 Å². The second-order valence-corrected chi connectivity index (χ2v) is 6.55. The molecule has 2 N–H and O–H groups in total. The zero-order valence-electron chi connectivity index (χ0n) is 12.4. The minimum Gasteiger partial charge on any atom is -0.338 e. The summed E-state index contributed by atoms with van der Waals surface area (Å²) < 4.78 is 1.06. The molecule has 2 atom stereocenters. The largest absolute Gasteiger partial charge is 0.338 e. The summed E-state index contributed by atoms with van der Waals surface area (Å²) in [4.78, 5) is 14.4. The normalized spacial score (nSPS) is 19.8. The lowest BCUT2D eigenvalue weighted by Crippen LogP contribution is -2.51. The van der Waals surface area contributed by atoms with E-state index in [1.165, 1.54) is 12.0 Å². The number of piperidine rings is 1. The Balaban J connectivity index is 0.00000220. The van der Waals surface area contributed by atoms with Crippen LogP contribution in [0.5, 0.6) is 0 Å². The van der Waals surface area contributed by atoms with Crippen LogP contribution in [0, 0.1) is 0 Å². The number of amides is 1. The number of rotatable bonds is 4. The van der Waals surface area contributed by atoms with E-state index in [9.17, 15) is 4.79 Å². The third kappa shape index (κ3) is 5.28. The molecule has 3 nitrogen and oxygen atoms in total. The van der Waals surface area contributed by atoms with Gasteiger partial charge in [0.05, 0.1) is 0 Å². The molecule has 1 aromatic rings. The lowest BCUT2D eigenvalue weighted by molar-refractivity contribution is -0.135. The maximum atomic E-state index is 12.4. The highest BCUT2D eigenvalue weighted by Gasteiger charge is 2.28. The van der Waals surface area contributed by atoms with Crippen LogP contribution in [-0.2, 0) is 11.2 Å². The molecule has 21 heavy (non-hydrogen) atoms. The summed E-state index contributed by atoms with van der Waals surface area (Å²) in [6, 6.07) is 8.44. The molecular formula is C16H24BrClN2O. The van der Waals surface area contributed by atoms with Crippen LogP contribution in [0.3, 0.4) is 0 Å². The number of nitrogens with zero attached hydrogens (tertiary/aromatic N) is 1. The van der Waals surface area contributed by atoms with Gasteiger partial charge in [0.2, 0.25) is 5.91 Å². The molecule has 1 fully saturated rings. The number of carbonyl (C=O) groups excluding carboxylic acids is 1. The Kier molecular flexibility index (Phi) is 7.71. The van der Waals surface area contributed by atoms with Gasteiger partial charge in [-0.3, -0.25) is 4.79 Å². The van der Waals surface area contributed by atoms with Gasteiger partial charge in [-0.2, -0.15) is 0 Å². The molecular weight excluding hydrogens is 352 g/mol. The van der Waals surface area contributed by atoms with Crippen LogP contribution in [0.25, 0.3) is 0 Å². The van der Waals surface area contributed by atoms with Crippen molar-refractivity contribution in [2.75, 3.05) is 6.54 Å². The van der Waals surface area contributed by atoms with E-state index in [1.807, 2.05) is 24.0 Å². The van der Waals surface area contributed by atoms with Crippen molar-refractivity contribution in [2.45, 2.75) is 51.1 Å². The Bertz CT molecular complexity index is 467. The first kappa shape index (κ1) is 18.5. The van der Waals surface area contributed by atoms with Gasteiger partial charge in [0.1, 0.15) is 0 Å². The molecule has 5 heteroatoms. The number of halogens is 2. The van der Waals surface area contributed by atoms with Crippen molar-refractivity contribution in [3.8, 4) is 0 Å². The second-order valence-electron chi connectivity index (χ2n) is 5.64. The molecule has 0 radical (unpaired) electrons. The molecule has 0 spiro atoms. The van der Waals surface area contributed by atoms with Gasteiger partial charge in [-0.25, -0.2) is 0 Å². The molecule has 1 saturated heterocycles. The number of carbonyl (C=O) groups is 1. The number of aryl methyl sites for hydroxylation is 1. The van der Waals surface area contributed by atoms with Crippen molar-refractivity contribution < 1.29 is 4.79 Å². The van der Waals surface area contributed by atoms with Gasteiger partial charge < -0.3 is 10.6 Å². The SMILES string of the molecule is CC(N)C1CCCCN1C(=O)CCc1cccc(Br)c1.Cl. The average molecular weight is 376 g/mol. The summed E-state index contributed by atoms with van der Waals surface area (Å²) >= 11 is 3.46. The van der Waals surface area contributed by atoms with E-state index >= 15 is 0 Å². The Labute approximate surface area is 141 Å². The van der Waals surface area contributed by atoms with Gasteiger partial charge in [-0.1, -0.05) is 28.1 Å². The molecule has 1 aliphatic heterocycles. The van der Waals surface area contributed by atoms with E-state index in [2.05, 4.69) is 28.1 Å². The quantitative estimate of drug-likeness (QED) is 0.875. The van der Waals surface area contributed by atoms with Crippen LogP contribution in [0.1, 0.15) is 38.2 Å². The topological polar surface area (TPSA) is 46.3 Å². The van der Waals surface area contributed by atoms with Crippen LogP contribution < -0.4 is 5.73 Å². The van der Waals surface area contributed by atoms with Crippen LogP contribution in [0.4, 0.5) is 0 Å². The first-order valence-electron chi connectivity index (χ1n) is 7.37. The fraction of sp³-hybridized carbons (Fsp3) is 0.562. The monoisotopic (exact) mass is 374 g/mol. The first-order chi connectivity index (χ1) is 9.58. The molecule has 0 aromatic heterocycles. The summed E-state index contributed by atoms with van der Waals surface area (Å²) in [6.07, 6.45) is 4.69. The molecule has 2 unspecified atom stereocenters. The number of benzene rings is 1. The van der Waals surface area contributed by atoms with E-state index < -0.39 is 0 Å². The lowest BCUT2D eigenvalue weighted by Gasteiger charge is -2.38. The number of hydrogen-bond donors (Lipinski definition) is 1. The van der Waals surface area contributed by atoms with E-state index in [0.717, 1.165) is 30.3 Å². The third-order valence-electron chi connectivity index (χ3n) is 3.99. The molecule has 1 amide bonds. The van der Waals surface area contributed by atoms with Gasteiger partial charge >= 0.3 is 0 Å². The standard InChI is InChI=1S/C16H23BrN2O.ClH/c1-12(18)15-7-2-3-10-19(15)16(20)9-8-13-5-4-6-14(17)11-13;/h4-6,11-12,15H,2-3,7-10,18H2,1H3;1H. The van der Waals surface area contributed by atoms with Crippen LogP contribution in [0.2, 0.25) is 0 Å². The Morgan fingerprint density at radius 3 is 2.90 bits per heavy atom. The van der Waals surface area contributed by atoms with Crippen molar-refractivity contribution in [2.24, 2.45) is 5.73 Å². The Morgan fingerprint density at radius 2 is 2.24 bits per heavy atom. The molecule has 0 saturated carbocycles. The predicted molar refractivity (Wildman–Crippen MR) is 92.7 cm³/mol. The van der Waals surface area contributed by atoms with E-state index in [4.69, 9.17) is 5.73 Å². The Morgan fingerprint density at radius 1 is 1.48 bits per heavy atom. The zero-order chi connectivity index (χ0) is 14.5. The summed E-state index contributed by atoms with van der Waals surface area (Å²) in [5, 5.41) is 0. The van der Waals surface area contributed by atoms with Gasteiger partial charge in [-0.05, 0) is 50.3 Å². The third-order valence-corrected chi connectivity index (χ3v) is 4.49. The van der Waals surface area contributed by atoms with Gasteiger partial charge in [-0.15, -0.1) is 12.4 Å². The van der Waals surface area contributed by atoms with Gasteiger partial charge in [0, 0.05) is 29.5 Å². The minimum absolute atomic E-state index is 0. The van der Waals surface area contributed by atoms with Crippen LogP contribution >= 0.6 is 28.3 Å². The fourth-order valence-electron chi connectivity index (χ4n) is 2.90. The smallest absolute Gasteiger partial charge is 0.223 e. The summed E-state index contributed by atoms with van der Waals surface area (Å²) in [5.74, 6) is 0.243. The van der Waals surface area contributed by atoms with E-state index in [1.54, 1.807) is 0 Å². The highest BCUT2D eigenvalue weighted by molar-refractivity contribution is 9.10. The van der Waals surface area contributed by atoms with E-state index in [-0.39, 0.29) is 30.4 Å². The molecule has 1 aromatic carbocycles. The Hall–Kier alpha value is -0.580. The average Bonchev–Trinajstić information content (AvgIpc) is 2.45. The van der Waals surface area contributed by atoms with Crippen molar-refractivity contribution in [3.05, 3.63) is 34.3 Å². The first-order valence-corrected chi connectivity index (χ1v) is 8.16. The molecule has 1 heterocycles. The number of likely N-dealkylation sites (tertiary alicyclic amines) is 1. The zero-order valence-corrected chi connectivity index (χ0v) is 14.8.